The van der Waals surface area contributed by atoms with E-state index in [0.717, 1.165) is 23.5 Å². The van der Waals surface area contributed by atoms with Gasteiger partial charge in [0, 0.05) is 24.5 Å². The van der Waals surface area contributed by atoms with Crippen molar-refractivity contribution >= 4 is 23.8 Å². The first kappa shape index (κ1) is 13.7. The van der Waals surface area contributed by atoms with Gasteiger partial charge in [0.2, 0.25) is 0 Å². The van der Waals surface area contributed by atoms with E-state index in [-0.39, 0.29) is 17.8 Å². The van der Waals surface area contributed by atoms with Crippen molar-refractivity contribution in [2.75, 3.05) is 11.5 Å². The lowest BCUT2D eigenvalue weighted by Gasteiger charge is -2.12. The zero-order valence-electron chi connectivity index (χ0n) is 10.3. The van der Waals surface area contributed by atoms with Crippen LogP contribution in [0, 0.1) is 0 Å². The number of pyridine rings is 1. The third-order valence-corrected chi connectivity index (χ3v) is 3.92. The van der Waals surface area contributed by atoms with E-state index >= 15 is 0 Å². The molecule has 1 unspecified atom stereocenters. The Labute approximate surface area is 115 Å². The van der Waals surface area contributed by atoms with Crippen LogP contribution in [0.4, 0.5) is 4.79 Å². The molecule has 1 fully saturated rings. The van der Waals surface area contributed by atoms with Gasteiger partial charge < -0.3 is 15.7 Å². The Balaban J connectivity index is 1.77. The van der Waals surface area contributed by atoms with Crippen molar-refractivity contribution in [3.8, 4) is 0 Å². The number of amides is 2. The molecule has 2 heterocycles. The Morgan fingerprint density at radius 1 is 1.47 bits per heavy atom. The number of nitrogens with zero attached hydrogens (tertiary/aromatic N) is 1. The second-order valence-corrected chi connectivity index (χ2v) is 5.39. The molecule has 0 spiro atoms. The molecule has 7 heteroatoms. The summed E-state index contributed by atoms with van der Waals surface area (Å²) < 4.78 is 0. The molecule has 0 aliphatic carbocycles. The quantitative estimate of drug-likeness (QED) is 0.768. The highest BCUT2D eigenvalue weighted by Crippen LogP contribution is 2.16. The molecule has 1 saturated heterocycles. The molecule has 0 aromatic carbocycles. The fourth-order valence-corrected chi connectivity index (χ4v) is 2.88. The summed E-state index contributed by atoms with van der Waals surface area (Å²) in [7, 11) is 0. The Morgan fingerprint density at radius 3 is 2.89 bits per heavy atom. The first-order valence-electron chi connectivity index (χ1n) is 5.95. The van der Waals surface area contributed by atoms with E-state index in [2.05, 4.69) is 15.6 Å². The molecule has 2 rings (SSSR count). The summed E-state index contributed by atoms with van der Waals surface area (Å²) in [6.45, 7) is 0.332. The highest BCUT2D eigenvalue weighted by molar-refractivity contribution is 7.99. The standard InChI is InChI=1S/C12H15N3O3S/c16-11(17)10-2-1-8(5-13-10)6-14-12(18)15-9-3-4-19-7-9/h1-2,5,9H,3-4,6-7H2,(H,16,17)(H2,14,15,18). The summed E-state index contributed by atoms with van der Waals surface area (Å²) >= 11 is 1.83. The SMILES string of the molecule is O=C(NCc1ccc(C(=O)O)nc1)NC1CCSC1. The number of urea groups is 1. The molecule has 2 amide bonds. The normalized spacial score (nSPS) is 18.0. The smallest absolute Gasteiger partial charge is 0.354 e. The molecule has 0 saturated carbocycles. The van der Waals surface area contributed by atoms with Crippen molar-refractivity contribution in [2.24, 2.45) is 0 Å². The maximum absolute atomic E-state index is 11.6. The maximum Gasteiger partial charge on any atom is 0.354 e. The summed E-state index contributed by atoms with van der Waals surface area (Å²) in [6, 6.07) is 3.11. The second-order valence-electron chi connectivity index (χ2n) is 4.24. The third kappa shape index (κ3) is 4.13. The lowest BCUT2D eigenvalue weighted by Crippen LogP contribution is -2.41. The van der Waals surface area contributed by atoms with E-state index in [4.69, 9.17) is 5.11 Å². The van der Waals surface area contributed by atoms with Gasteiger partial charge in [-0.15, -0.1) is 0 Å². The minimum Gasteiger partial charge on any atom is -0.477 e. The van der Waals surface area contributed by atoms with Crippen LogP contribution in [0.2, 0.25) is 0 Å². The van der Waals surface area contributed by atoms with E-state index in [1.165, 1.54) is 12.3 Å². The number of carboxylic acid groups (broad SMARTS) is 1. The molecule has 0 bridgehead atoms. The highest BCUT2D eigenvalue weighted by Gasteiger charge is 2.17. The largest absolute Gasteiger partial charge is 0.477 e. The molecular weight excluding hydrogens is 266 g/mol. The first-order chi connectivity index (χ1) is 9.15. The highest BCUT2D eigenvalue weighted by atomic mass is 32.2. The fraction of sp³-hybridized carbons (Fsp3) is 0.417. The number of hydrogen-bond donors (Lipinski definition) is 3. The van der Waals surface area contributed by atoms with Crippen LogP contribution in [0.15, 0.2) is 18.3 Å². The van der Waals surface area contributed by atoms with Crippen LogP contribution in [0.3, 0.4) is 0 Å². The van der Waals surface area contributed by atoms with Crippen molar-refractivity contribution in [1.82, 2.24) is 15.6 Å². The van der Waals surface area contributed by atoms with Crippen LogP contribution >= 0.6 is 11.8 Å². The van der Waals surface area contributed by atoms with Gasteiger partial charge >= 0.3 is 12.0 Å². The Hall–Kier alpha value is -1.76. The van der Waals surface area contributed by atoms with Crippen LogP contribution in [0.5, 0.6) is 0 Å². The predicted octanol–water partition coefficient (Wildman–Crippen LogP) is 1.08. The zero-order valence-corrected chi connectivity index (χ0v) is 11.1. The molecule has 19 heavy (non-hydrogen) atoms. The number of nitrogens with one attached hydrogen (secondary N) is 2. The van der Waals surface area contributed by atoms with Gasteiger partial charge in [-0.25, -0.2) is 14.6 Å². The van der Waals surface area contributed by atoms with Crippen molar-refractivity contribution in [1.29, 1.82) is 0 Å². The zero-order chi connectivity index (χ0) is 13.7. The molecule has 6 nitrogen and oxygen atoms in total. The Bertz CT molecular complexity index is 458. The number of aromatic nitrogens is 1. The Morgan fingerprint density at radius 2 is 2.32 bits per heavy atom. The number of thioether (sulfide) groups is 1. The molecular formula is C12H15N3O3S. The van der Waals surface area contributed by atoms with Crippen LogP contribution in [0.1, 0.15) is 22.5 Å². The molecule has 1 aliphatic rings. The summed E-state index contributed by atoms with van der Waals surface area (Å²) in [6.07, 6.45) is 2.46. The van der Waals surface area contributed by atoms with Gasteiger partial charge in [-0.05, 0) is 23.8 Å². The molecule has 1 aromatic rings. The average molecular weight is 281 g/mol. The summed E-state index contributed by atoms with van der Waals surface area (Å²) in [4.78, 5) is 26.0. The van der Waals surface area contributed by atoms with Gasteiger partial charge in [0.1, 0.15) is 5.69 Å². The predicted molar refractivity (Wildman–Crippen MR) is 72.3 cm³/mol. The Kier molecular flexibility index (Phi) is 4.62. The summed E-state index contributed by atoms with van der Waals surface area (Å²) in [5.74, 6) is 0.990. The van der Waals surface area contributed by atoms with Crippen molar-refractivity contribution in [3.05, 3.63) is 29.6 Å². The van der Waals surface area contributed by atoms with Gasteiger partial charge in [-0.2, -0.15) is 11.8 Å². The van der Waals surface area contributed by atoms with Gasteiger partial charge in [0.25, 0.3) is 0 Å². The molecule has 3 N–H and O–H groups in total. The molecule has 0 radical (unpaired) electrons. The number of carbonyl (C=O) groups excluding carboxylic acids is 1. The third-order valence-electron chi connectivity index (χ3n) is 2.76. The van der Waals surface area contributed by atoms with Crippen LogP contribution in [-0.4, -0.2) is 39.6 Å². The van der Waals surface area contributed by atoms with Crippen LogP contribution in [0.25, 0.3) is 0 Å². The minimum absolute atomic E-state index is 0.00354. The number of rotatable bonds is 4. The number of hydrogen-bond acceptors (Lipinski definition) is 4. The van der Waals surface area contributed by atoms with E-state index < -0.39 is 5.97 Å². The summed E-state index contributed by atoms with van der Waals surface area (Å²) in [5.41, 5.74) is 0.761. The lowest BCUT2D eigenvalue weighted by atomic mass is 10.2. The van der Waals surface area contributed by atoms with Gasteiger partial charge in [-0.3, -0.25) is 0 Å². The van der Waals surface area contributed by atoms with Crippen molar-refractivity contribution < 1.29 is 14.7 Å². The van der Waals surface area contributed by atoms with E-state index in [0.29, 0.717) is 6.54 Å². The number of carboxylic acids is 1. The fourth-order valence-electron chi connectivity index (χ4n) is 1.72. The van der Waals surface area contributed by atoms with E-state index in [9.17, 15) is 9.59 Å². The second kappa shape index (κ2) is 6.42. The number of carbonyl (C=O) groups is 2. The molecule has 1 aromatic heterocycles. The number of aromatic carboxylic acids is 1. The van der Waals surface area contributed by atoms with Crippen molar-refractivity contribution in [2.45, 2.75) is 19.0 Å². The topological polar surface area (TPSA) is 91.3 Å². The lowest BCUT2D eigenvalue weighted by molar-refractivity contribution is 0.0690. The van der Waals surface area contributed by atoms with Gasteiger partial charge in [0.15, 0.2) is 0 Å². The van der Waals surface area contributed by atoms with Gasteiger partial charge in [-0.1, -0.05) is 6.07 Å². The molecule has 102 valence electrons. The van der Waals surface area contributed by atoms with Crippen LogP contribution in [-0.2, 0) is 6.54 Å². The minimum atomic E-state index is -1.06. The average Bonchev–Trinajstić information content (AvgIpc) is 2.89. The van der Waals surface area contributed by atoms with Crippen molar-refractivity contribution in [3.63, 3.8) is 0 Å². The van der Waals surface area contributed by atoms with Crippen LogP contribution < -0.4 is 10.6 Å². The van der Waals surface area contributed by atoms with E-state index in [1.807, 2.05) is 11.8 Å². The molecule has 1 aliphatic heterocycles. The van der Waals surface area contributed by atoms with Gasteiger partial charge in [0.05, 0.1) is 0 Å². The summed E-state index contributed by atoms with van der Waals surface area (Å²) in [5, 5.41) is 14.3. The molecule has 1 atom stereocenters. The first-order valence-corrected chi connectivity index (χ1v) is 7.11. The monoisotopic (exact) mass is 281 g/mol. The van der Waals surface area contributed by atoms with E-state index in [1.54, 1.807) is 6.07 Å². The maximum atomic E-state index is 11.6.